The number of thiazole rings is 1. The molecule has 0 aliphatic carbocycles. The third-order valence-corrected chi connectivity index (χ3v) is 7.71. The molecule has 2 aliphatic heterocycles. The van der Waals surface area contributed by atoms with Gasteiger partial charge < -0.3 is 24.1 Å². The molecule has 1 fully saturated rings. The molecule has 1 unspecified atom stereocenters. The summed E-state index contributed by atoms with van der Waals surface area (Å²) in [5.41, 5.74) is 1.53. The number of fused-ring (bicyclic) bond motifs is 2. The van der Waals surface area contributed by atoms with Crippen molar-refractivity contribution in [3.63, 3.8) is 0 Å². The van der Waals surface area contributed by atoms with Gasteiger partial charge in [0.15, 0.2) is 16.6 Å². The number of Topliss-reactive ketones (excluding diaryl/α,β-unsaturated/α-hetero) is 1. The van der Waals surface area contributed by atoms with Crippen molar-refractivity contribution in [3.8, 4) is 23.0 Å². The second kappa shape index (κ2) is 11.0. The van der Waals surface area contributed by atoms with E-state index in [1.54, 1.807) is 48.5 Å². The van der Waals surface area contributed by atoms with Crippen LogP contribution in [0.1, 0.15) is 24.1 Å². The van der Waals surface area contributed by atoms with Gasteiger partial charge in [-0.3, -0.25) is 14.5 Å². The maximum absolute atomic E-state index is 13.6. The SMILES string of the molecule is C=CCOc1ccc(C2/C(=C(\O)c3ccc4c(c3)OCCO4)C(=O)C(=O)N2c2nc3ccc(OCC)cc3s2)cc1. The number of aromatic nitrogens is 1. The van der Waals surface area contributed by atoms with Gasteiger partial charge in [-0.05, 0) is 61.0 Å². The number of nitrogens with zero attached hydrogens (tertiary/aromatic N) is 2. The van der Waals surface area contributed by atoms with Crippen LogP contribution in [-0.4, -0.2) is 48.2 Å². The second-order valence-corrected chi connectivity index (χ2v) is 10.3. The van der Waals surface area contributed by atoms with Crippen molar-refractivity contribution in [1.82, 2.24) is 4.98 Å². The maximum atomic E-state index is 13.6. The molecule has 6 rings (SSSR count). The van der Waals surface area contributed by atoms with E-state index in [0.29, 0.717) is 71.2 Å². The lowest BCUT2D eigenvalue weighted by atomic mass is 9.95. The zero-order valence-electron chi connectivity index (χ0n) is 22.2. The highest BCUT2D eigenvalue weighted by Gasteiger charge is 2.48. The molecule has 2 aliphatic rings. The average Bonchev–Trinajstić information content (AvgIpc) is 3.53. The fourth-order valence-corrected chi connectivity index (χ4v) is 5.87. The van der Waals surface area contributed by atoms with Gasteiger partial charge in [0.2, 0.25) is 0 Å². The molecule has 10 heteroatoms. The molecule has 1 amide bonds. The van der Waals surface area contributed by atoms with Crippen molar-refractivity contribution >= 4 is 44.1 Å². The van der Waals surface area contributed by atoms with E-state index in [2.05, 4.69) is 11.6 Å². The van der Waals surface area contributed by atoms with Gasteiger partial charge in [-0.25, -0.2) is 4.98 Å². The van der Waals surface area contributed by atoms with Crippen LogP contribution in [0.4, 0.5) is 5.13 Å². The summed E-state index contributed by atoms with van der Waals surface area (Å²) in [6.07, 6.45) is 1.64. The third-order valence-electron chi connectivity index (χ3n) is 6.69. The third kappa shape index (κ3) is 4.87. The molecule has 0 radical (unpaired) electrons. The molecular weight excluding hydrogens is 544 g/mol. The number of aliphatic hydroxyl groups excluding tert-OH is 1. The summed E-state index contributed by atoms with van der Waals surface area (Å²) in [4.78, 5) is 33.2. The molecule has 1 saturated heterocycles. The first-order valence-electron chi connectivity index (χ1n) is 13.1. The van der Waals surface area contributed by atoms with Crippen molar-refractivity contribution < 1.29 is 33.6 Å². The Morgan fingerprint density at radius 3 is 2.56 bits per heavy atom. The van der Waals surface area contributed by atoms with E-state index >= 15 is 0 Å². The van der Waals surface area contributed by atoms with Crippen LogP contribution in [0.5, 0.6) is 23.0 Å². The normalized spacial score (nSPS) is 17.6. The number of hydrogen-bond acceptors (Lipinski definition) is 9. The van der Waals surface area contributed by atoms with Gasteiger partial charge in [-0.1, -0.05) is 36.1 Å². The lowest BCUT2D eigenvalue weighted by Gasteiger charge is -2.23. The summed E-state index contributed by atoms with van der Waals surface area (Å²) in [7, 11) is 0. The Morgan fingerprint density at radius 2 is 1.80 bits per heavy atom. The van der Waals surface area contributed by atoms with Crippen molar-refractivity contribution in [1.29, 1.82) is 0 Å². The Kier molecular flexibility index (Phi) is 7.07. The number of hydrogen-bond donors (Lipinski definition) is 1. The number of carbonyl (C=O) groups excluding carboxylic acids is 2. The fourth-order valence-electron chi connectivity index (χ4n) is 4.85. The topological polar surface area (TPSA) is 107 Å². The van der Waals surface area contributed by atoms with Crippen LogP contribution in [0.25, 0.3) is 16.0 Å². The predicted octanol–water partition coefficient (Wildman–Crippen LogP) is 5.66. The summed E-state index contributed by atoms with van der Waals surface area (Å²) in [5, 5.41) is 11.9. The first-order valence-corrected chi connectivity index (χ1v) is 13.9. The molecule has 1 N–H and O–H groups in total. The van der Waals surface area contributed by atoms with E-state index in [9.17, 15) is 14.7 Å². The highest BCUT2D eigenvalue weighted by molar-refractivity contribution is 7.22. The minimum Gasteiger partial charge on any atom is -0.507 e. The quantitative estimate of drug-likeness (QED) is 0.125. The molecule has 0 bridgehead atoms. The fraction of sp³-hybridized carbons (Fsp3) is 0.194. The Bertz CT molecular complexity index is 1690. The summed E-state index contributed by atoms with van der Waals surface area (Å²) in [6, 6.07) is 16.5. The van der Waals surface area contributed by atoms with Crippen molar-refractivity contribution in [2.24, 2.45) is 0 Å². The highest BCUT2D eigenvalue weighted by atomic mass is 32.1. The summed E-state index contributed by atoms with van der Waals surface area (Å²) >= 11 is 1.27. The maximum Gasteiger partial charge on any atom is 0.301 e. The van der Waals surface area contributed by atoms with Gasteiger partial charge in [0, 0.05) is 5.56 Å². The van der Waals surface area contributed by atoms with E-state index in [4.69, 9.17) is 18.9 Å². The lowest BCUT2D eigenvalue weighted by molar-refractivity contribution is -0.132. The van der Waals surface area contributed by atoms with Gasteiger partial charge in [0.1, 0.15) is 37.1 Å². The monoisotopic (exact) mass is 570 g/mol. The Balaban J connectivity index is 1.48. The molecule has 9 nitrogen and oxygen atoms in total. The minimum atomic E-state index is -0.941. The number of ketones is 1. The zero-order chi connectivity index (χ0) is 28.5. The molecule has 3 aromatic carbocycles. The smallest absolute Gasteiger partial charge is 0.301 e. The average molecular weight is 571 g/mol. The lowest BCUT2D eigenvalue weighted by Crippen LogP contribution is -2.29. The first-order chi connectivity index (χ1) is 20.0. The Hall–Kier alpha value is -4.83. The van der Waals surface area contributed by atoms with E-state index in [0.717, 1.165) is 4.70 Å². The molecule has 0 spiro atoms. The number of aliphatic hydroxyl groups is 1. The van der Waals surface area contributed by atoms with Gasteiger partial charge >= 0.3 is 5.91 Å². The predicted molar refractivity (Wildman–Crippen MR) is 155 cm³/mol. The summed E-state index contributed by atoms with van der Waals surface area (Å²) < 4.78 is 23.3. The molecule has 208 valence electrons. The minimum absolute atomic E-state index is 0.0549. The highest BCUT2D eigenvalue weighted by Crippen LogP contribution is 2.45. The van der Waals surface area contributed by atoms with Crippen molar-refractivity contribution in [3.05, 3.63) is 90.0 Å². The molecule has 41 heavy (non-hydrogen) atoms. The molecule has 0 saturated carbocycles. The van der Waals surface area contributed by atoms with Gasteiger partial charge in [-0.15, -0.1) is 0 Å². The first kappa shape index (κ1) is 26.4. The second-order valence-electron chi connectivity index (χ2n) is 9.26. The Morgan fingerprint density at radius 1 is 1.05 bits per heavy atom. The largest absolute Gasteiger partial charge is 0.507 e. The zero-order valence-corrected chi connectivity index (χ0v) is 23.0. The van der Waals surface area contributed by atoms with E-state index < -0.39 is 17.7 Å². The van der Waals surface area contributed by atoms with E-state index in [1.807, 2.05) is 25.1 Å². The summed E-state index contributed by atoms with van der Waals surface area (Å²) in [6.45, 7) is 7.19. The van der Waals surface area contributed by atoms with Crippen LogP contribution in [0.2, 0.25) is 0 Å². The number of anilines is 1. The van der Waals surface area contributed by atoms with Crippen LogP contribution in [0, 0.1) is 0 Å². The van der Waals surface area contributed by atoms with Crippen molar-refractivity contribution in [2.45, 2.75) is 13.0 Å². The van der Waals surface area contributed by atoms with Crippen LogP contribution < -0.4 is 23.8 Å². The number of benzene rings is 3. The number of rotatable bonds is 8. The van der Waals surface area contributed by atoms with Gasteiger partial charge in [0.25, 0.3) is 5.78 Å². The Labute approximate surface area is 239 Å². The number of amides is 1. The summed E-state index contributed by atoms with van der Waals surface area (Å²) in [5.74, 6) is 0.351. The number of ether oxygens (including phenoxy) is 4. The number of carbonyl (C=O) groups is 2. The van der Waals surface area contributed by atoms with Gasteiger partial charge in [-0.2, -0.15) is 0 Å². The molecule has 1 aromatic heterocycles. The molecule has 1 atom stereocenters. The van der Waals surface area contributed by atoms with Crippen LogP contribution in [-0.2, 0) is 9.59 Å². The molecular formula is C31H26N2O7S. The van der Waals surface area contributed by atoms with Crippen LogP contribution in [0.3, 0.4) is 0 Å². The molecule has 3 heterocycles. The molecule has 4 aromatic rings. The van der Waals surface area contributed by atoms with E-state index in [1.165, 1.54) is 16.2 Å². The standard InChI is InChI=1S/C31H26N2O7S/c1-3-13-38-20-8-5-18(6-9-20)27-26(28(34)19-7-12-23-24(16-19)40-15-14-39-23)29(35)30(36)33(27)31-32-22-11-10-21(37-4-2)17-25(22)41-31/h3,5-12,16-17,27,34H,1,4,13-15H2,2H3/b28-26+. The van der Waals surface area contributed by atoms with Crippen LogP contribution in [0.15, 0.2) is 78.9 Å². The van der Waals surface area contributed by atoms with Crippen molar-refractivity contribution in [2.75, 3.05) is 31.3 Å². The van der Waals surface area contributed by atoms with E-state index in [-0.39, 0.29) is 11.3 Å². The van der Waals surface area contributed by atoms with Gasteiger partial charge in [0.05, 0.1) is 28.4 Å². The van der Waals surface area contributed by atoms with Crippen LogP contribution >= 0.6 is 11.3 Å².